The van der Waals surface area contributed by atoms with Crippen LogP contribution in [0.3, 0.4) is 0 Å². The molecule has 0 saturated heterocycles. The lowest BCUT2D eigenvalue weighted by Gasteiger charge is -2.08. The van der Waals surface area contributed by atoms with Gasteiger partial charge in [0.15, 0.2) is 11.6 Å². The monoisotopic (exact) mass is 234 g/mol. The first-order valence-corrected chi connectivity index (χ1v) is 4.93. The molecule has 0 fully saturated rings. The molecule has 17 heavy (non-hydrogen) atoms. The molecule has 0 aliphatic heterocycles. The number of aromatic nitrogens is 1. The van der Waals surface area contributed by atoms with Gasteiger partial charge in [-0.1, -0.05) is 12.1 Å². The third-order valence-corrected chi connectivity index (χ3v) is 2.11. The molecule has 0 unspecified atom stereocenters. The van der Waals surface area contributed by atoms with Crippen molar-refractivity contribution in [2.24, 2.45) is 0 Å². The molecular formula is C12H11FN2O2. The van der Waals surface area contributed by atoms with Crippen molar-refractivity contribution in [2.75, 3.05) is 12.8 Å². The second-order valence-electron chi connectivity index (χ2n) is 3.28. The standard InChI is InChI=1S/C12H11FN2O2/c1-16-10-6-3-7-11(15-10)17-12-8(13)4-2-5-9(12)14/h2-7H,14H2,1H3. The fourth-order valence-electron chi connectivity index (χ4n) is 1.30. The number of benzene rings is 1. The van der Waals surface area contributed by atoms with Crippen LogP contribution in [0.2, 0.25) is 0 Å². The molecule has 0 bridgehead atoms. The molecule has 0 aliphatic carbocycles. The summed E-state index contributed by atoms with van der Waals surface area (Å²) >= 11 is 0. The maximum Gasteiger partial charge on any atom is 0.222 e. The minimum atomic E-state index is -0.533. The summed E-state index contributed by atoms with van der Waals surface area (Å²) in [6.07, 6.45) is 0. The maximum atomic E-state index is 13.5. The summed E-state index contributed by atoms with van der Waals surface area (Å²) in [7, 11) is 1.49. The average Bonchev–Trinajstić information content (AvgIpc) is 2.34. The van der Waals surface area contributed by atoms with Gasteiger partial charge in [-0.3, -0.25) is 0 Å². The molecule has 0 radical (unpaired) electrons. The molecule has 2 rings (SSSR count). The van der Waals surface area contributed by atoms with Crippen LogP contribution < -0.4 is 15.2 Å². The summed E-state index contributed by atoms with van der Waals surface area (Å²) < 4.78 is 23.7. The second kappa shape index (κ2) is 4.69. The van der Waals surface area contributed by atoms with Gasteiger partial charge in [-0.2, -0.15) is 4.98 Å². The van der Waals surface area contributed by atoms with E-state index in [1.165, 1.54) is 19.2 Å². The van der Waals surface area contributed by atoms with Crippen LogP contribution in [0.5, 0.6) is 17.5 Å². The number of para-hydroxylation sites is 1. The van der Waals surface area contributed by atoms with Crippen LogP contribution in [0.1, 0.15) is 0 Å². The Morgan fingerprint density at radius 3 is 2.53 bits per heavy atom. The minimum Gasteiger partial charge on any atom is -0.481 e. The van der Waals surface area contributed by atoms with Crippen LogP contribution in [0.15, 0.2) is 36.4 Å². The highest BCUT2D eigenvalue weighted by atomic mass is 19.1. The number of hydrogen-bond acceptors (Lipinski definition) is 4. The number of methoxy groups -OCH3 is 1. The van der Waals surface area contributed by atoms with E-state index in [2.05, 4.69) is 4.98 Å². The molecule has 0 aliphatic rings. The van der Waals surface area contributed by atoms with E-state index in [9.17, 15) is 4.39 Å². The van der Waals surface area contributed by atoms with Gasteiger partial charge in [-0.15, -0.1) is 0 Å². The summed E-state index contributed by atoms with van der Waals surface area (Å²) in [5.74, 6) is 0.0430. The predicted octanol–water partition coefficient (Wildman–Crippen LogP) is 2.60. The second-order valence-corrected chi connectivity index (χ2v) is 3.28. The Kier molecular flexibility index (Phi) is 3.09. The Bertz CT molecular complexity index is 511. The number of halogens is 1. The average molecular weight is 234 g/mol. The fraction of sp³-hybridized carbons (Fsp3) is 0.0833. The molecule has 2 N–H and O–H groups in total. The van der Waals surface area contributed by atoms with Crippen LogP contribution in [-0.4, -0.2) is 12.1 Å². The van der Waals surface area contributed by atoms with E-state index in [-0.39, 0.29) is 17.3 Å². The molecule has 0 amide bonds. The van der Waals surface area contributed by atoms with E-state index >= 15 is 0 Å². The lowest BCUT2D eigenvalue weighted by Crippen LogP contribution is -1.97. The smallest absolute Gasteiger partial charge is 0.222 e. The third-order valence-electron chi connectivity index (χ3n) is 2.11. The van der Waals surface area contributed by atoms with Gasteiger partial charge >= 0.3 is 0 Å². The van der Waals surface area contributed by atoms with Crippen molar-refractivity contribution >= 4 is 5.69 Å². The van der Waals surface area contributed by atoms with E-state index < -0.39 is 5.82 Å². The predicted molar refractivity (Wildman–Crippen MR) is 61.7 cm³/mol. The van der Waals surface area contributed by atoms with E-state index in [0.29, 0.717) is 5.88 Å². The van der Waals surface area contributed by atoms with Crippen LogP contribution in [0, 0.1) is 5.82 Å². The van der Waals surface area contributed by atoms with Crippen molar-refractivity contribution in [1.82, 2.24) is 4.98 Å². The van der Waals surface area contributed by atoms with E-state index in [1.54, 1.807) is 24.3 Å². The molecule has 1 heterocycles. The van der Waals surface area contributed by atoms with Gasteiger partial charge in [-0.05, 0) is 12.1 Å². The Morgan fingerprint density at radius 1 is 1.12 bits per heavy atom. The number of nitrogen functional groups attached to an aromatic ring is 1. The van der Waals surface area contributed by atoms with Crippen molar-refractivity contribution in [3.05, 3.63) is 42.2 Å². The van der Waals surface area contributed by atoms with Crippen LogP contribution in [0.4, 0.5) is 10.1 Å². The van der Waals surface area contributed by atoms with Gasteiger partial charge in [0.1, 0.15) is 0 Å². The largest absolute Gasteiger partial charge is 0.481 e. The highest BCUT2D eigenvalue weighted by Crippen LogP contribution is 2.29. The summed E-state index contributed by atoms with van der Waals surface area (Å²) in [5, 5.41) is 0. The first-order valence-electron chi connectivity index (χ1n) is 4.93. The Hall–Kier alpha value is -2.30. The molecule has 5 heteroatoms. The molecule has 2 aromatic rings. The zero-order valence-corrected chi connectivity index (χ0v) is 9.18. The van der Waals surface area contributed by atoms with E-state index in [4.69, 9.17) is 15.2 Å². The number of hydrogen-bond donors (Lipinski definition) is 1. The zero-order valence-electron chi connectivity index (χ0n) is 9.18. The highest BCUT2D eigenvalue weighted by molar-refractivity contribution is 5.54. The number of ether oxygens (including phenoxy) is 2. The highest BCUT2D eigenvalue weighted by Gasteiger charge is 2.09. The van der Waals surface area contributed by atoms with Gasteiger partial charge in [0.25, 0.3) is 0 Å². The van der Waals surface area contributed by atoms with Crippen molar-refractivity contribution < 1.29 is 13.9 Å². The lowest BCUT2D eigenvalue weighted by atomic mass is 10.3. The van der Waals surface area contributed by atoms with Crippen molar-refractivity contribution in [3.8, 4) is 17.5 Å². The first kappa shape index (κ1) is 11.2. The number of nitrogens with two attached hydrogens (primary N) is 1. The third kappa shape index (κ3) is 2.44. The molecule has 0 atom stereocenters. The number of pyridine rings is 1. The van der Waals surface area contributed by atoms with Crippen molar-refractivity contribution in [3.63, 3.8) is 0 Å². The summed E-state index contributed by atoms with van der Waals surface area (Å²) in [6.45, 7) is 0. The number of anilines is 1. The normalized spacial score (nSPS) is 10.0. The zero-order chi connectivity index (χ0) is 12.3. The number of rotatable bonds is 3. The van der Waals surface area contributed by atoms with Crippen molar-refractivity contribution in [2.45, 2.75) is 0 Å². The van der Waals surface area contributed by atoms with Gasteiger partial charge in [0.2, 0.25) is 11.8 Å². The molecule has 1 aromatic carbocycles. The molecule has 4 nitrogen and oxygen atoms in total. The van der Waals surface area contributed by atoms with E-state index in [0.717, 1.165) is 0 Å². The van der Waals surface area contributed by atoms with Crippen LogP contribution in [-0.2, 0) is 0 Å². The fourth-order valence-corrected chi connectivity index (χ4v) is 1.30. The molecule has 88 valence electrons. The summed E-state index contributed by atoms with van der Waals surface area (Å²) in [6, 6.07) is 9.28. The Morgan fingerprint density at radius 2 is 1.82 bits per heavy atom. The van der Waals surface area contributed by atoms with Gasteiger partial charge in [-0.25, -0.2) is 4.39 Å². The molecular weight excluding hydrogens is 223 g/mol. The van der Waals surface area contributed by atoms with Gasteiger partial charge in [0.05, 0.1) is 12.8 Å². The summed E-state index contributed by atoms with van der Waals surface area (Å²) in [4.78, 5) is 4.00. The van der Waals surface area contributed by atoms with Gasteiger partial charge in [0, 0.05) is 12.1 Å². The minimum absolute atomic E-state index is 0.0340. The Balaban J connectivity index is 2.31. The summed E-state index contributed by atoms with van der Waals surface area (Å²) in [5.41, 5.74) is 5.83. The van der Waals surface area contributed by atoms with Gasteiger partial charge < -0.3 is 15.2 Å². The lowest BCUT2D eigenvalue weighted by molar-refractivity contribution is 0.378. The topological polar surface area (TPSA) is 57.4 Å². The van der Waals surface area contributed by atoms with E-state index in [1.807, 2.05) is 0 Å². The first-order chi connectivity index (χ1) is 8.20. The maximum absolute atomic E-state index is 13.5. The molecule has 1 aromatic heterocycles. The molecule has 0 spiro atoms. The number of nitrogens with zero attached hydrogens (tertiary/aromatic N) is 1. The SMILES string of the molecule is COc1cccc(Oc2c(N)cccc2F)n1. The molecule has 0 saturated carbocycles. The van der Waals surface area contributed by atoms with Crippen molar-refractivity contribution in [1.29, 1.82) is 0 Å². The van der Waals surface area contributed by atoms with Crippen LogP contribution in [0.25, 0.3) is 0 Å². The van der Waals surface area contributed by atoms with Crippen LogP contribution >= 0.6 is 0 Å². The quantitative estimate of drug-likeness (QED) is 0.829. The Labute approximate surface area is 97.8 Å².